The molecule has 3 rings (SSSR count). The van der Waals surface area contributed by atoms with Crippen molar-refractivity contribution >= 4 is 17.7 Å². The first-order valence-corrected chi connectivity index (χ1v) is 12.2. The maximum Gasteiger partial charge on any atom is 0.315 e. The second kappa shape index (κ2) is 12.9. The number of carbonyl (C=O) groups is 3. The van der Waals surface area contributed by atoms with Crippen molar-refractivity contribution in [3.8, 4) is 23.0 Å². The number of carbonyl (C=O) groups excluding carboxylic acids is 3. The lowest BCUT2D eigenvalue weighted by Crippen LogP contribution is -2.39. The molecular weight excluding hydrogens is 486 g/mol. The molecule has 1 N–H and O–H groups in total. The topological polar surface area (TPSA) is 100 Å². The van der Waals surface area contributed by atoms with E-state index in [9.17, 15) is 14.4 Å². The molecule has 0 saturated heterocycles. The fourth-order valence-corrected chi connectivity index (χ4v) is 3.43. The molecule has 0 bridgehead atoms. The van der Waals surface area contributed by atoms with Crippen molar-refractivity contribution in [2.24, 2.45) is 0 Å². The lowest BCUT2D eigenvalue weighted by molar-refractivity contribution is -0.136. The molecule has 8 nitrogen and oxygen atoms in total. The van der Waals surface area contributed by atoms with Crippen LogP contribution in [-0.4, -0.2) is 44.0 Å². The van der Waals surface area contributed by atoms with Gasteiger partial charge in [-0.2, -0.15) is 0 Å². The number of ketones is 1. The smallest absolute Gasteiger partial charge is 0.315 e. The van der Waals surface area contributed by atoms with Gasteiger partial charge >= 0.3 is 11.9 Å². The summed E-state index contributed by atoms with van der Waals surface area (Å²) in [6, 6.07) is 18.5. The van der Waals surface area contributed by atoms with E-state index < -0.39 is 11.9 Å². The van der Waals surface area contributed by atoms with E-state index in [1.54, 1.807) is 68.8 Å². The molecule has 0 atom stereocenters. The number of esters is 2. The predicted octanol–water partition coefficient (Wildman–Crippen LogP) is 4.57. The summed E-state index contributed by atoms with van der Waals surface area (Å²) in [6.45, 7) is 5.97. The van der Waals surface area contributed by atoms with Crippen LogP contribution in [0.1, 0.15) is 42.3 Å². The minimum atomic E-state index is -0.569. The Morgan fingerprint density at radius 2 is 1.16 bits per heavy atom. The summed E-state index contributed by atoms with van der Waals surface area (Å²) in [5.41, 5.74) is 1.52. The highest BCUT2D eigenvalue weighted by Crippen LogP contribution is 2.30. The minimum Gasteiger partial charge on any atom is -0.497 e. The Morgan fingerprint density at radius 1 is 0.684 bits per heavy atom. The van der Waals surface area contributed by atoms with Gasteiger partial charge in [-0.05, 0) is 74.4 Å². The van der Waals surface area contributed by atoms with E-state index in [1.807, 2.05) is 20.8 Å². The third kappa shape index (κ3) is 8.74. The van der Waals surface area contributed by atoms with Crippen LogP contribution in [0.2, 0.25) is 0 Å². The van der Waals surface area contributed by atoms with Gasteiger partial charge in [0.25, 0.3) is 0 Å². The van der Waals surface area contributed by atoms with Crippen LogP contribution in [0.3, 0.4) is 0 Å². The maximum atomic E-state index is 12.8. The summed E-state index contributed by atoms with van der Waals surface area (Å²) in [7, 11) is 3.13. The average Bonchev–Trinajstić information content (AvgIpc) is 2.88. The number of rotatable bonds is 11. The largest absolute Gasteiger partial charge is 0.497 e. The van der Waals surface area contributed by atoms with E-state index in [1.165, 1.54) is 12.1 Å². The number of hydrogen-bond donors (Lipinski definition) is 1. The first kappa shape index (κ1) is 28.4. The van der Waals surface area contributed by atoms with Gasteiger partial charge < -0.3 is 24.3 Å². The summed E-state index contributed by atoms with van der Waals surface area (Å²) in [5.74, 6) is 0.0809. The summed E-state index contributed by atoms with van der Waals surface area (Å²) in [4.78, 5) is 38.2. The van der Waals surface area contributed by atoms with E-state index in [0.29, 0.717) is 17.1 Å². The van der Waals surface area contributed by atoms with Crippen LogP contribution in [0, 0.1) is 0 Å². The molecule has 0 fully saturated rings. The highest BCUT2D eigenvalue weighted by Gasteiger charge is 2.19. The summed E-state index contributed by atoms with van der Waals surface area (Å²) in [6.07, 6.45) is -0.0214. The molecule has 3 aromatic rings. The van der Waals surface area contributed by atoms with Gasteiger partial charge in [-0.25, -0.2) is 0 Å². The van der Waals surface area contributed by atoms with Gasteiger partial charge in [-0.1, -0.05) is 24.3 Å². The van der Waals surface area contributed by atoms with Crippen LogP contribution < -0.4 is 24.3 Å². The SMILES string of the molecule is COc1ccc(CC(=O)Oc2ccc(C(=O)CNC(C)(C)C)cc2OC(=O)Cc2ccc(OC)cc2)cc1. The Balaban J connectivity index is 1.78. The van der Waals surface area contributed by atoms with Crippen LogP contribution in [0.4, 0.5) is 0 Å². The molecule has 200 valence electrons. The zero-order valence-electron chi connectivity index (χ0n) is 22.3. The van der Waals surface area contributed by atoms with Gasteiger partial charge in [0.1, 0.15) is 11.5 Å². The highest BCUT2D eigenvalue weighted by molar-refractivity contribution is 5.98. The van der Waals surface area contributed by atoms with Gasteiger partial charge in [0, 0.05) is 11.1 Å². The fraction of sp³-hybridized carbons (Fsp3) is 0.300. The molecule has 0 unspecified atom stereocenters. The summed E-state index contributed by atoms with van der Waals surface area (Å²) < 4.78 is 21.4. The molecule has 0 heterocycles. The van der Waals surface area contributed by atoms with Gasteiger partial charge in [0.05, 0.1) is 33.6 Å². The Bertz CT molecular complexity index is 1260. The molecule has 3 aromatic carbocycles. The number of Topliss-reactive ketones (excluding diaryl/α,β-unsaturated/α-hetero) is 1. The average molecular weight is 520 g/mol. The normalized spacial score (nSPS) is 11.0. The second-order valence-electron chi connectivity index (χ2n) is 9.69. The van der Waals surface area contributed by atoms with Crippen molar-refractivity contribution in [1.29, 1.82) is 0 Å². The van der Waals surface area contributed by atoms with Crippen molar-refractivity contribution in [1.82, 2.24) is 5.32 Å². The lowest BCUT2D eigenvalue weighted by Gasteiger charge is -2.20. The van der Waals surface area contributed by atoms with E-state index in [-0.39, 0.29) is 42.2 Å². The minimum absolute atomic E-state index is 0.000582. The number of ether oxygens (including phenoxy) is 4. The highest BCUT2D eigenvalue weighted by atomic mass is 16.6. The van der Waals surface area contributed by atoms with E-state index in [0.717, 1.165) is 11.1 Å². The molecule has 0 aliphatic rings. The van der Waals surface area contributed by atoms with Gasteiger partial charge in [0.2, 0.25) is 0 Å². The molecule has 0 saturated carbocycles. The molecule has 0 radical (unpaired) electrons. The Hall–Kier alpha value is -4.17. The van der Waals surface area contributed by atoms with Crippen molar-refractivity contribution in [2.45, 2.75) is 39.2 Å². The van der Waals surface area contributed by atoms with Crippen LogP contribution >= 0.6 is 0 Å². The molecular formula is C30H33NO7. The van der Waals surface area contributed by atoms with Gasteiger partial charge in [-0.15, -0.1) is 0 Å². The third-order valence-electron chi connectivity index (χ3n) is 5.51. The monoisotopic (exact) mass is 519 g/mol. The van der Waals surface area contributed by atoms with Crippen LogP contribution in [0.5, 0.6) is 23.0 Å². The molecule has 0 spiro atoms. The molecule has 0 aromatic heterocycles. The van der Waals surface area contributed by atoms with Gasteiger partial charge in [-0.3, -0.25) is 14.4 Å². The van der Waals surface area contributed by atoms with E-state index in [2.05, 4.69) is 5.32 Å². The standard InChI is InChI=1S/C30H33NO7/c1-30(2,3)31-19-25(32)22-10-15-26(37-28(33)16-20-6-11-23(35-4)12-7-20)27(18-22)38-29(34)17-21-8-13-24(36-5)14-9-21/h6-15,18,31H,16-17,19H2,1-5H3. The molecule has 0 aliphatic carbocycles. The molecule has 38 heavy (non-hydrogen) atoms. The Kier molecular flexibility index (Phi) is 9.62. The van der Waals surface area contributed by atoms with Crippen LogP contribution in [0.25, 0.3) is 0 Å². The lowest BCUT2D eigenvalue weighted by atomic mass is 10.1. The van der Waals surface area contributed by atoms with Crippen molar-refractivity contribution in [3.63, 3.8) is 0 Å². The summed E-state index contributed by atoms with van der Waals surface area (Å²) >= 11 is 0. The quantitative estimate of drug-likeness (QED) is 0.223. The Labute approximate surface area is 222 Å². The van der Waals surface area contributed by atoms with Gasteiger partial charge in [0.15, 0.2) is 17.3 Å². The molecule has 0 aliphatic heterocycles. The number of benzene rings is 3. The molecule has 0 amide bonds. The maximum absolute atomic E-state index is 12.8. The zero-order chi connectivity index (χ0) is 27.7. The second-order valence-corrected chi connectivity index (χ2v) is 9.69. The Morgan fingerprint density at radius 3 is 1.61 bits per heavy atom. The number of nitrogens with one attached hydrogen (secondary N) is 1. The zero-order valence-corrected chi connectivity index (χ0v) is 22.3. The predicted molar refractivity (Wildman–Crippen MR) is 143 cm³/mol. The van der Waals surface area contributed by atoms with Crippen molar-refractivity contribution in [3.05, 3.63) is 83.4 Å². The van der Waals surface area contributed by atoms with Crippen molar-refractivity contribution < 1.29 is 33.3 Å². The number of hydrogen-bond acceptors (Lipinski definition) is 8. The van der Waals surface area contributed by atoms with Crippen molar-refractivity contribution in [2.75, 3.05) is 20.8 Å². The first-order chi connectivity index (χ1) is 18.1. The van der Waals surface area contributed by atoms with Crippen LogP contribution in [-0.2, 0) is 22.4 Å². The summed E-state index contributed by atoms with van der Waals surface area (Å²) in [5, 5.41) is 3.14. The first-order valence-electron chi connectivity index (χ1n) is 12.2. The number of methoxy groups -OCH3 is 2. The van der Waals surface area contributed by atoms with E-state index in [4.69, 9.17) is 18.9 Å². The van der Waals surface area contributed by atoms with Crippen LogP contribution in [0.15, 0.2) is 66.7 Å². The molecule has 8 heteroatoms. The third-order valence-corrected chi connectivity index (χ3v) is 5.51. The fourth-order valence-electron chi connectivity index (χ4n) is 3.43. The van der Waals surface area contributed by atoms with E-state index >= 15 is 0 Å².